The number of thiophene rings is 1. The SMILES string of the molecule is C/C=C/C=C/C(=O)OCC(=O)Nc1cc(-c2ccccc2)sc1C(=O)OCC. The van der Waals surface area contributed by atoms with Crippen LogP contribution in [0.1, 0.15) is 23.5 Å². The van der Waals surface area contributed by atoms with Crippen LogP contribution in [0.2, 0.25) is 0 Å². The van der Waals surface area contributed by atoms with E-state index in [4.69, 9.17) is 9.47 Å². The second kappa shape index (κ2) is 10.8. The van der Waals surface area contributed by atoms with Crippen molar-refractivity contribution in [3.05, 3.63) is 65.6 Å². The Bertz CT molecular complexity index is 883. The maximum absolute atomic E-state index is 12.2. The monoisotopic (exact) mass is 399 g/mol. The molecular formula is C21H21NO5S. The number of benzene rings is 1. The molecule has 0 atom stereocenters. The Hall–Kier alpha value is -3.19. The van der Waals surface area contributed by atoms with Crippen LogP contribution in [-0.2, 0) is 19.1 Å². The number of anilines is 1. The van der Waals surface area contributed by atoms with Crippen molar-refractivity contribution in [3.8, 4) is 10.4 Å². The fraction of sp³-hybridized carbons (Fsp3) is 0.190. The lowest BCUT2D eigenvalue weighted by molar-refractivity contribution is -0.142. The molecule has 28 heavy (non-hydrogen) atoms. The summed E-state index contributed by atoms with van der Waals surface area (Å²) >= 11 is 1.22. The summed E-state index contributed by atoms with van der Waals surface area (Å²) < 4.78 is 9.95. The van der Waals surface area contributed by atoms with Gasteiger partial charge >= 0.3 is 11.9 Å². The van der Waals surface area contributed by atoms with Crippen molar-refractivity contribution >= 4 is 34.9 Å². The fourth-order valence-electron chi connectivity index (χ4n) is 2.19. The molecule has 1 N–H and O–H groups in total. The van der Waals surface area contributed by atoms with Crippen LogP contribution in [0.25, 0.3) is 10.4 Å². The first kappa shape index (κ1) is 21.1. The van der Waals surface area contributed by atoms with Gasteiger partial charge in [-0.2, -0.15) is 0 Å². The first-order valence-electron chi connectivity index (χ1n) is 8.67. The molecule has 0 unspecified atom stereocenters. The molecule has 0 aliphatic heterocycles. The zero-order valence-corrected chi connectivity index (χ0v) is 16.5. The van der Waals surface area contributed by atoms with Crippen LogP contribution < -0.4 is 5.32 Å². The van der Waals surface area contributed by atoms with Crippen molar-refractivity contribution in [1.29, 1.82) is 0 Å². The van der Waals surface area contributed by atoms with E-state index < -0.39 is 24.5 Å². The summed E-state index contributed by atoms with van der Waals surface area (Å²) in [5, 5.41) is 2.62. The molecule has 0 saturated carbocycles. The Kier molecular flexibility index (Phi) is 8.17. The Balaban J connectivity index is 2.12. The van der Waals surface area contributed by atoms with E-state index in [9.17, 15) is 14.4 Å². The van der Waals surface area contributed by atoms with E-state index in [1.165, 1.54) is 23.5 Å². The summed E-state index contributed by atoms with van der Waals surface area (Å²) in [4.78, 5) is 37.0. The summed E-state index contributed by atoms with van der Waals surface area (Å²) in [6.45, 7) is 3.29. The van der Waals surface area contributed by atoms with Gasteiger partial charge in [-0.15, -0.1) is 11.3 Å². The molecule has 2 aromatic rings. The molecule has 0 spiro atoms. The van der Waals surface area contributed by atoms with Gasteiger partial charge in [-0.05, 0) is 25.5 Å². The van der Waals surface area contributed by atoms with Crippen LogP contribution >= 0.6 is 11.3 Å². The minimum Gasteiger partial charge on any atom is -0.462 e. The summed E-state index contributed by atoms with van der Waals surface area (Å²) in [5.41, 5.74) is 1.24. The van der Waals surface area contributed by atoms with Gasteiger partial charge in [0, 0.05) is 11.0 Å². The molecule has 146 valence electrons. The molecule has 1 amide bonds. The highest BCUT2D eigenvalue weighted by Crippen LogP contribution is 2.35. The zero-order chi connectivity index (χ0) is 20.4. The highest BCUT2D eigenvalue weighted by atomic mass is 32.1. The molecule has 0 aliphatic rings. The molecule has 1 heterocycles. The van der Waals surface area contributed by atoms with Crippen molar-refractivity contribution in [2.75, 3.05) is 18.5 Å². The van der Waals surface area contributed by atoms with Crippen molar-refractivity contribution in [2.45, 2.75) is 13.8 Å². The number of rotatable bonds is 8. The number of allylic oxidation sites excluding steroid dienone is 3. The largest absolute Gasteiger partial charge is 0.462 e. The fourth-order valence-corrected chi connectivity index (χ4v) is 3.21. The Morgan fingerprint density at radius 3 is 2.54 bits per heavy atom. The molecule has 0 saturated heterocycles. The molecule has 0 radical (unpaired) electrons. The number of hydrogen-bond acceptors (Lipinski definition) is 6. The van der Waals surface area contributed by atoms with E-state index in [2.05, 4.69) is 5.32 Å². The van der Waals surface area contributed by atoms with E-state index in [1.54, 1.807) is 25.1 Å². The third kappa shape index (κ3) is 6.21. The standard InChI is InChI=1S/C21H21NO5S/c1-3-5-7-12-19(24)27-14-18(23)22-16-13-17(15-10-8-6-9-11-15)28-20(16)21(25)26-4-2/h3,5-13H,4,14H2,1-2H3,(H,22,23)/b5-3+,12-7+. The first-order valence-corrected chi connectivity index (χ1v) is 9.49. The van der Waals surface area contributed by atoms with Crippen molar-refractivity contribution in [1.82, 2.24) is 0 Å². The molecule has 0 fully saturated rings. The molecule has 1 aromatic carbocycles. The van der Waals surface area contributed by atoms with Crippen LogP contribution in [0, 0.1) is 0 Å². The second-order valence-corrected chi connectivity index (χ2v) is 6.53. The van der Waals surface area contributed by atoms with Crippen LogP contribution in [0.4, 0.5) is 5.69 Å². The van der Waals surface area contributed by atoms with E-state index in [-0.39, 0.29) is 11.5 Å². The van der Waals surface area contributed by atoms with Gasteiger partial charge in [0.1, 0.15) is 4.88 Å². The molecule has 7 heteroatoms. The van der Waals surface area contributed by atoms with Gasteiger partial charge in [0.15, 0.2) is 6.61 Å². The summed E-state index contributed by atoms with van der Waals surface area (Å²) in [7, 11) is 0. The lowest BCUT2D eigenvalue weighted by atomic mass is 10.2. The van der Waals surface area contributed by atoms with E-state index in [1.807, 2.05) is 37.3 Å². The topological polar surface area (TPSA) is 81.7 Å². The quantitative estimate of drug-likeness (QED) is 0.409. The minimum absolute atomic E-state index is 0.223. The van der Waals surface area contributed by atoms with Gasteiger partial charge in [-0.3, -0.25) is 4.79 Å². The number of esters is 2. The highest BCUT2D eigenvalue weighted by Gasteiger charge is 2.20. The summed E-state index contributed by atoms with van der Waals surface area (Å²) in [6, 6.07) is 11.2. The van der Waals surface area contributed by atoms with Crippen LogP contribution in [0.3, 0.4) is 0 Å². The smallest absolute Gasteiger partial charge is 0.350 e. The Labute approximate surface area is 167 Å². The number of ether oxygens (including phenoxy) is 2. The maximum Gasteiger partial charge on any atom is 0.350 e. The molecule has 0 bridgehead atoms. The third-order valence-electron chi connectivity index (χ3n) is 3.41. The van der Waals surface area contributed by atoms with Gasteiger partial charge in [0.05, 0.1) is 12.3 Å². The highest BCUT2D eigenvalue weighted by molar-refractivity contribution is 7.18. The second-order valence-electron chi connectivity index (χ2n) is 5.48. The average Bonchev–Trinajstić information content (AvgIpc) is 3.11. The van der Waals surface area contributed by atoms with Crippen LogP contribution in [-0.4, -0.2) is 31.1 Å². The summed E-state index contributed by atoms with van der Waals surface area (Å²) in [6.07, 6.45) is 6.16. The predicted octanol–water partition coefficient (Wildman–Crippen LogP) is 4.21. The van der Waals surface area contributed by atoms with Crippen molar-refractivity contribution < 1.29 is 23.9 Å². The summed E-state index contributed by atoms with van der Waals surface area (Å²) in [5.74, 6) is -1.69. The first-order chi connectivity index (χ1) is 13.5. The number of nitrogens with one attached hydrogen (secondary N) is 1. The Morgan fingerprint density at radius 2 is 1.86 bits per heavy atom. The zero-order valence-electron chi connectivity index (χ0n) is 15.6. The normalized spacial score (nSPS) is 10.9. The van der Waals surface area contributed by atoms with Crippen molar-refractivity contribution in [3.63, 3.8) is 0 Å². The Morgan fingerprint density at radius 1 is 1.11 bits per heavy atom. The molecule has 0 aliphatic carbocycles. The van der Waals surface area contributed by atoms with Gasteiger partial charge < -0.3 is 14.8 Å². The maximum atomic E-state index is 12.2. The van der Waals surface area contributed by atoms with Gasteiger partial charge in [-0.1, -0.05) is 48.6 Å². The lowest BCUT2D eigenvalue weighted by Gasteiger charge is -2.06. The van der Waals surface area contributed by atoms with E-state index in [0.29, 0.717) is 5.69 Å². The lowest BCUT2D eigenvalue weighted by Crippen LogP contribution is -2.21. The van der Waals surface area contributed by atoms with Crippen molar-refractivity contribution in [2.24, 2.45) is 0 Å². The van der Waals surface area contributed by atoms with Crippen LogP contribution in [0.5, 0.6) is 0 Å². The third-order valence-corrected chi connectivity index (χ3v) is 4.57. The van der Waals surface area contributed by atoms with E-state index in [0.717, 1.165) is 10.4 Å². The molecule has 6 nitrogen and oxygen atoms in total. The predicted molar refractivity (Wildman–Crippen MR) is 109 cm³/mol. The van der Waals surface area contributed by atoms with Crippen LogP contribution in [0.15, 0.2) is 60.7 Å². The molecule has 2 rings (SSSR count). The average molecular weight is 399 g/mol. The minimum atomic E-state index is -0.630. The van der Waals surface area contributed by atoms with E-state index >= 15 is 0 Å². The van der Waals surface area contributed by atoms with Gasteiger partial charge in [0.25, 0.3) is 5.91 Å². The van der Waals surface area contributed by atoms with Gasteiger partial charge in [0.2, 0.25) is 0 Å². The molecule has 1 aromatic heterocycles. The number of amides is 1. The molecular weight excluding hydrogens is 378 g/mol. The number of hydrogen-bond donors (Lipinski definition) is 1. The number of carbonyl (C=O) groups excluding carboxylic acids is 3. The number of carbonyl (C=O) groups is 3. The van der Waals surface area contributed by atoms with Gasteiger partial charge in [-0.25, -0.2) is 9.59 Å².